The monoisotopic (exact) mass is 648 g/mol. The lowest BCUT2D eigenvalue weighted by Crippen LogP contribution is -2.11. The lowest BCUT2D eigenvalue weighted by Gasteiger charge is -2.28. The van der Waals surface area contributed by atoms with Crippen molar-refractivity contribution in [3.63, 3.8) is 0 Å². The minimum atomic E-state index is -1.04. The number of aromatic hydroxyl groups is 5. The number of aromatic nitrogens is 1. The van der Waals surface area contributed by atoms with Crippen LogP contribution in [0.4, 0.5) is 17.1 Å². The Balaban J connectivity index is 1.34. The highest BCUT2D eigenvalue weighted by Gasteiger charge is 2.30. The molecule has 0 amide bonds. The Morgan fingerprint density at radius 3 is 1.90 bits per heavy atom. The number of anilines is 3. The third-order valence-corrected chi connectivity index (χ3v) is 9.21. The number of hydrogen-bond donors (Lipinski definition) is 5. The third-order valence-electron chi connectivity index (χ3n) is 9.21. The second kappa shape index (κ2) is 10.8. The van der Waals surface area contributed by atoms with Crippen molar-refractivity contribution in [2.45, 2.75) is 26.2 Å². The minimum absolute atomic E-state index is 0.0413. The van der Waals surface area contributed by atoms with Crippen LogP contribution in [0.5, 0.6) is 28.7 Å². The number of nitrogens with zero attached hydrogens (tertiary/aromatic N) is 2. The van der Waals surface area contributed by atoms with Crippen LogP contribution in [-0.2, 0) is 5.41 Å². The molecule has 0 fully saturated rings. The molecule has 0 saturated heterocycles. The molecule has 2 heterocycles. The molecule has 5 N–H and O–H groups in total. The van der Waals surface area contributed by atoms with E-state index in [2.05, 4.69) is 37.9 Å². The van der Waals surface area contributed by atoms with Crippen molar-refractivity contribution in [2.75, 3.05) is 4.90 Å². The molecule has 0 aliphatic heterocycles. The molecule has 8 heteroatoms. The van der Waals surface area contributed by atoms with Crippen LogP contribution < -0.4 is 4.90 Å². The van der Waals surface area contributed by atoms with Crippen molar-refractivity contribution in [3.05, 3.63) is 115 Å². The summed E-state index contributed by atoms with van der Waals surface area (Å²) >= 11 is 0. The van der Waals surface area contributed by atoms with E-state index < -0.39 is 28.7 Å². The molecule has 6 aromatic carbocycles. The van der Waals surface area contributed by atoms with E-state index in [-0.39, 0.29) is 11.1 Å². The number of fused-ring (bicyclic) bond motifs is 6. The molecule has 0 aliphatic carbocycles. The van der Waals surface area contributed by atoms with Gasteiger partial charge in [0.05, 0.1) is 11.9 Å². The maximum absolute atomic E-state index is 11.2. The standard InChI is InChI=1S/C41H32N2O6/c1-41(2,3)26-12-15-34-32(18-26)31-17-24(11-14-33(31)49-34)25-16-28(21-42-20-25)43(35-36(44)38(46)40(48)39(47)37(35)45)27-13-10-23-9-8-22-6-4-5-7-29(22)30(23)19-27/h4-21,44-48H,1-3H3. The smallest absolute Gasteiger partial charge is 0.208 e. The molecule has 0 unspecified atom stereocenters. The molecule has 0 spiro atoms. The SMILES string of the molecule is CC(C)(C)c1ccc2oc3ccc(-c4cncc(N(c5ccc6ccc7ccccc7c6c5)c5c(O)c(O)c(O)c(O)c5O)c4)cc3c2c1. The van der Waals surface area contributed by atoms with Gasteiger partial charge in [0.2, 0.25) is 17.2 Å². The van der Waals surface area contributed by atoms with Gasteiger partial charge in [-0.25, -0.2) is 0 Å². The zero-order valence-corrected chi connectivity index (χ0v) is 26.9. The zero-order valence-electron chi connectivity index (χ0n) is 26.9. The molecule has 0 bridgehead atoms. The molecule has 8 aromatic rings. The fraction of sp³-hybridized carbons (Fsp3) is 0.0976. The number of phenolic OH excluding ortho intramolecular Hbond substituents is 5. The zero-order chi connectivity index (χ0) is 34.2. The first-order valence-electron chi connectivity index (χ1n) is 15.8. The van der Waals surface area contributed by atoms with Crippen molar-refractivity contribution in [2.24, 2.45) is 0 Å². The fourth-order valence-corrected chi connectivity index (χ4v) is 6.55. The molecule has 0 radical (unpaired) electrons. The van der Waals surface area contributed by atoms with Crippen molar-refractivity contribution in [1.29, 1.82) is 0 Å². The van der Waals surface area contributed by atoms with Crippen LogP contribution in [0.3, 0.4) is 0 Å². The topological polar surface area (TPSA) is 130 Å². The Morgan fingerprint density at radius 1 is 0.531 bits per heavy atom. The molecule has 0 atom stereocenters. The van der Waals surface area contributed by atoms with Gasteiger partial charge in [-0.3, -0.25) is 4.98 Å². The normalized spacial score (nSPS) is 12.0. The minimum Gasteiger partial charge on any atom is -0.503 e. The van der Waals surface area contributed by atoms with Crippen LogP contribution >= 0.6 is 0 Å². The summed E-state index contributed by atoms with van der Waals surface area (Å²) in [5, 5.41) is 59.6. The number of benzene rings is 6. The Kier molecular flexibility index (Phi) is 6.61. The van der Waals surface area contributed by atoms with Gasteiger partial charge >= 0.3 is 0 Å². The maximum atomic E-state index is 11.2. The van der Waals surface area contributed by atoms with Gasteiger partial charge in [0.1, 0.15) is 16.9 Å². The largest absolute Gasteiger partial charge is 0.503 e. The van der Waals surface area contributed by atoms with Crippen LogP contribution in [-0.4, -0.2) is 30.5 Å². The highest BCUT2D eigenvalue weighted by Crippen LogP contribution is 2.58. The van der Waals surface area contributed by atoms with E-state index in [1.54, 1.807) is 18.5 Å². The summed E-state index contributed by atoms with van der Waals surface area (Å²) in [5.41, 5.74) is 4.82. The van der Waals surface area contributed by atoms with Crippen LogP contribution in [0, 0.1) is 0 Å². The van der Waals surface area contributed by atoms with E-state index in [4.69, 9.17) is 4.42 Å². The van der Waals surface area contributed by atoms with E-state index >= 15 is 0 Å². The van der Waals surface area contributed by atoms with Gasteiger partial charge in [-0.05, 0) is 80.6 Å². The summed E-state index contributed by atoms with van der Waals surface area (Å²) in [7, 11) is 0. The second-order valence-electron chi connectivity index (χ2n) is 13.3. The third kappa shape index (κ3) is 4.80. The molecule has 0 saturated carbocycles. The molecule has 2 aromatic heterocycles. The van der Waals surface area contributed by atoms with Crippen molar-refractivity contribution < 1.29 is 29.9 Å². The van der Waals surface area contributed by atoms with E-state index in [0.717, 1.165) is 54.6 Å². The molecular formula is C41H32N2O6. The highest BCUT2D eigenvalue weighted by atomic mass is 16.4. The molecule has 49 heavy (non-hydrogen) atoms. The van der Waals surface area contributed by atoms with Gasteiger partial charge in [-0.2, -0.15) is 0 Å². The van der Waals surface area contributed by atoms with E-state index in [1.165, 1.54) is 10.5 Å². The van der Waals surface area contributed by atoms with Gasteiger partial charge in [0, 0.05) is 28.2 Å². The molecule has 8 rings (SSSR count). The summed E-state index contributed by atoms with van der Waals surface area (Å²) < 4.78 is 6.17. The lowest BCUT2D eigenvalue weighted by atomic mass is 9.86. The quantitative estimate of drug-likeness (QED) is 0.0724. The molecule has 242 valence electrons. The van der Waals surface area contributed by atoms with Crippen molar-refractivity contribution >= 4 is 60.5 Å². The summed E-state index contributed by atoms with van der Waals surface area (Å²) in [6.45, 7) is 6.52. The summed E-state index contributed by atoms with van der Waals surface area (Å²) in [4.78, 5) is 6.03. The van der Waals surface area contributed by atoms with Gasteiger partial charge in [0.15, 0.2) is 11.5 Å². The Labute approximate surface area is 281 Å². The molecule has 8 nitrogen and oxygen atoms in total. The number of hydrogen-bond acceptors (Lipinski definition) is 8. The van der Waals surface area contributed by atoms with E-state index in [0.29, 0.717) is 11.4 Å². The summed E-state index contributed by atoms with van der Waals surface area (Å²) in [6, 6.07) is 31.6. The average molecular weight is 649 g/mol. The fourth-order valence-electron chi connectivity index (χ4n) is 6.55. The Hall–Kier alpha value is -6.41. The average Bonchev–Trinajstić information content (AvgIpc) is 3.48. The molecular weight excluding hydrogens is 616 g/mol. The number of pyridine rings is 1. The number of rotatable bonds is 4. The van der Waals surface area contributed by atoms with Crippen molar-refractivity contribution in [1.82, 2.24) is 4.98 Å². The number of phenols is 5. The van der Waals surface area contributed by atoms with Crippen LogP contribution in [0.15, 0.2) is 114 Å². The maximum Gasteiger partial charge on any atom is 0.208 e. The van der Waals surface area contributed by atoms with Gasteiger partial charge in [-0.15, -0.1) is 0 Å². The first kappa shape index (κ1) is 30.0. The lowest BCUT2D eigenvalue weighted by molar-refractivity contribution is 0.329. The van der Waals surface area contributed by atoms with Crippen molar-refractivity contribution in [3.8, 4) is 39.9 Å². The summed E-state index contributed by atoms with van der Waals surface area (Å²) in [5.74, 6) is -4.63. The van der Waals surface area contributed by atoms with Crippen LogP contribution in [0.25, 0.3) is 54.6 Å². The number of furan rings is 1. The Bertz CT molecular complexity index is 2590. The highest BCUT2D eigenvalue weighted by molar-refractivity contribution is 6.09. The Morgan fingerprint density at radius 2 is 1.16 bits per heavy atom. The van der Waals surface area contributed by atoms with Crippen LogP contribution in [0.1, 0.15) is 26.3 Å². The first-order valence-corrected chi connectivity index (χ1v) is 15.8. The molecule has 0 aliphatic rings. The van der Waals surface area contributed by atoms with E-state index in [9.17, 15) is 25.5 Å². The second-order valence-corrected chi connectivity index (χ2v) is 13.3. The first-order chi connectivity index (χ1) is 23.5. The van der Waals surface area contributed by atoms with Crippen LogP contribution in [0.2, 0.25) is 0 Å². The predicted octanol–water partition coefficient (Wildman–Crippen LogP) is 10.2. The summed E-state index contributed by atoms with van der Waals surface area (Å²) in [6.07, 6.45) is 3.27. The predicted molar refractivity (Wildman–Crippen MR) is 194 cm³/mol. The van der Waals surface area contributed by atoms with Gasteiger partial charge in [0.25, 0.3) is 0 Å². The van der Waals surface area contributed by atoms with Gasteiger partial charge < -0.3 is 34.8 Å². The van der Waals surface area contributed by atoms with Gasteiger partial charge in [-0.1, -0.05) is 75.4 Å². The van der Waals surface area contributed by atoms with E-state index in [1.807, 2.05) is 78.9 Å².